The molecule has 1 heterocycles. The van der Waals surface area contributed by atoms with Gasteiger partial charge in [0.15, 0.2) is 11.6 Å². The van der Waals surface area contributed by atoms with Crippen LogP contribution in [0, 0.1) is 5.82 Å². The van der Waals surface area contributed by atoms with Gasteiger partial charge in [0, 0.05) is 34.9 Å². The first-order valence-corrected chi connectivity index (χ1v) is 6.42. The quantitative estimate of drug-likeness (QED) is 0.719. The van der Waals surface area contributed by atoms with E-state index in [4.69, 9.17) is 10.5 Å². The maximum atomic E-state index is 13.4. The summed E-state index contributed by atoms with van der Waals surface area (Å²) in [5.41, 5.74) is 8.25. The molecule has 0 fully saturated rings. The summed E-state index contributed by atoms with van der Waals surface area (Å²) in [5.74, 6) is -0.218. The Hall–Kier alpha value is -2.82. The number of aromatic nitrogens is 1. The van der Waals surface area contributed by atoms with E-state index in [0.717, 1.165) is 16.5 Å². The van der Waals surface area contributed by atoms with Crippen molar-refractivity contribution < 1.29 is 9.13 Å². The minimum atomic E-state index is -0.402. The SMILES string of the molecule is COc1cc(Nc2ccc3cnccc3c2N)ccc1F. The first kappa shape index (κ1) is 13.2. The molecule has 0 radical (unpaired) electrons. The summed E-state index contributed by atoms with van der Waals surface area (Å²) in [7, 11) is 1.43. The molecule has 3 aromatic rings. The third kappa shape index (κ3) is 2.45. The number of hydrogen-bond acceptors (Lipinski definition) is 4. The predicted octanol–water partition coefficient (Wildman–Crippen LogP) is 3.71. The van der Waals surface area contributed by atoms with Crippen molar-refractivity contribution in [3.05, 3.63) is 54.6 Å². The Kier molecular flexibility index (Phi) is 3.31. The van der Waals surface area contributed by atoms with Crippen LogP contribution in [0.3, 0.4) is 0 Å². The van der Waals surface area contributed by atoms with E-state index in [1.165, 1.54) is 13.2 Å². The standard InChI is InChI=1S/C16H14FN3O/c1-21-15-8-11(3-4-13(15)17)20-14-5-2-10-9-19-7-6-12(10)16(14)18/h2-9,20H,18H2,1H3. The van der Waals surface area contributed by atoms with Crippen LogP contribution in [0.4, 0.5) is 21.5 Å². The van der Waals surface area contributed by atoms with Crippen LogP contribution in [0.25, 0.3) is 10.8 Å². The molecule has 1 aromatic heterocycles. The van der Waals surface area contributed by atoms with Crippen molar-refractivity contribution in [1.29, 1.82) is 0 Å². The fourth-order valence-corrected chi connectivity index (χ4v) is 2.19. The van der Waals surface area contributed by atoms with Crippen molar-refractivity contribution in [2.24, 2.45) is 0 Å². The zero-order valence-electron chi connectivity index (χ0n) is 11.4. The number of pyridine rings is 1. The minimum absolute atomic E-state index is 0.184. The highest BCUT2D eigenvalue weighted by Crippen LogP contribution is 2.31. The van der Waals surface area contributed by atoms with Crippen molar-refractivity contribution >= 4 is 27.8 Å². The average molecular weight is 283 g/mol. The molecular weight excluding hydrogens is 269 g/mol. The van der Waals surface area contributed by atoms with E-state index in [1.54, 1.807) is 24.5 Å². The highest BCUT2D eigenvalue weighted by molar-refractivity contribution is 5.99. The van der Waals surface area contributed by atoms with Crippen molar-refractivity contribution in [3.8, 4) is 5.75 Å². The van der Waals surface area contributed by atoms with E-state index in [9.17, 15) is 4.39 Å². The molecule has 0 saturated heterocycles. The van der Waals surface area contributed by atoms with Gasteiger partial charge in [-0.05, 0) is 24.3 Å². The summed E-state index contributed by atoms with van der Waals surface area (Å²) in [6.07, 6.45) is 3.46. The van der Waals surface area contributed by atoms with Gasteiger partial charge in [0.05, 0.1) is 18.5 Å². The summed E-state index contributed by atoms with van der Waals surface area (Å²) in [6.45, 7) is 0. The smallest absolute Gasteiger partial charge is 0.165 e. The number of ether oxygens (including phenoxy) is 1. The van der Waals surface area contributed by atoms with Gasteiger partial charge >= 0.3 is 0 Å². The molecule has 0 spiro atoms. The zero-order chi connectivity index (χ0) is 14.8. The Balaban J connectivity index is 2.00. The van der Waals surface area contributed by atoms with Crippen LogP contribution in [-0.4, -0.2) is 12.1 Å². The molecule has 3 rings (SSSR count). The molecule has 0 aliphatic heterocycles. The molecule has 106 valence electrons. The first-order valence-electron chi connectivity index (χ1n) is 6.42. The van der Waals surface area contributed by atoms with Crippen LogP contribution >= 0.6 is 0 Å². The van der Waals surface area contributed by atoms with Gasteiger partial charge in [0.25, 0.3) is 0 Å². The lowest BCUT2D eigenvalue weighted by molar-refractivity contribution is 0.387. The Morgan fingerprint density at radius 3 is 2.86 bits per heavy atom. The van der Waals surface area contributed by atoms with Gasteiger partial charge in [-0.15, -0.1) is 0 Å². The number of anilines is 3. The van der Waals surface area contributed by atoms with Crippen LogP contribution in [0.15, 0.2) is 48.8 Å². The molecule has 0 aliphatic rings. The molecule has 0 bridgehead atoms. The van der Waals surface area contributed by atoms with E-state index in [1.807, 2.05) is 18.2 Å². The van der Waals surface area contributed by atoms with Crippen LogP contribution in [0.2, 0.25) is 0 Å². The van der Waals surface area contributed by atoms with E-state index in [2.05, 4.69) is 10.3 Å². The molecule has 0 amide bonds. The number of benzene rings is 2. The third-order valence-electron chi connectivity index (χ3n) is 3.29. The molecule has 2 aromatic carbocycles. The van der Waals surface area contributed by atoms with Crippen molar-refractivity contribution in [3.63, 3.8) is 0 Å². The summed E-state index contributed by atoms with van der Waals surface area (Å²) >= 11 is 0. The van der Waals surface area contributed by atoms with Crippen molar-refractivity contribution in [1.82, 2.24) is 4.98 Å². The lowest BCUT2D eigenvalue weighted by atomic mass is 10.1. The first-order chi connectivity index (χ1) is 10.2. The molecule has 0 aliphatic carbocycles. The Morgan fingerprint density at radius 1 is 1.19 bits per heavy atom. The van der Waals surface area contributed by atoms with E-state index >= 15 is 0 Å². The van der Waals surface area contributed by atoms with Gasteiger partial charge in [-0.2, -0.15) is 0 Å². The molecular formula is C16H14FN3O. The summed E-state index contributed by atoms with van der Waals surface area (Å²) < 4.78 is 18.4. The largest absolute Gasteiger partial charge is 0.494 e. The Bertz CT molecular complexity index is 805. The van der Waals surface area contributed by atoms with Gasteiger partial charge in [0.1, 0.15) is 0 Å². The van der Waals surface area contributed by atoms with Gasteiger partial charge in [-0.25, -0.2) is 4.39 Å². The fraction of sp³-hybridized carbons (Fsp3) is 0.0625. The van der Waals surface area contributed by atoms with Crippen LogP contribution < -0.4 is 15.8 Å². The number of hydrogen-bond donors (Lipinski definition) is 2. The second-order valence-electron chi connectivity index (χ2n) is 4.60. The highest BCUT2D eigenvalue weighted by Gasteiger charge is 2.07. The van der Waals surface area contributed by atoms with E-state index < -0.39 is 5.82 Å². The number of nitrogens with zero attached hydrogens (tertiary/aromatic N) is 1. The van der Waals surface area contributed by atoms with Crippen molar-refractivity contribution in [2.75, 3.05) is 18.2 Å². The zero-order valence-corrected chi connectivity index (χ0v) is 11.4. The lowest BCUT2D eigenvalue weighted by Crippen LogP contribution is -1.98. The molecule has 0 saturated carbocycles. The summed E-state index contributed by atoms with van der Waals surface area (Å²) in [5, 5.41) is 5.06. The van der Waals surface area contributed by atoms with Gasteiger partial charge in [-0.3, -0.25) is 4.98 Å². The monoisotopic (exact) mass is 283 g/mol. The predicted molar refractivity (Wildman–Crippen MR) is 82.4 cm³/mol. The number of nitrogens with two attached hydrogens (primary N) is 1. The summed E-state index contributed by atoms with van der Waals surface area (Å²) in [6, 6.07) is 10.2. The molecule has 3 N–H and O–H groups in total. The summed E-state index contributed by atoms with van der Waals surface area (Å²) in [4.78, 5) is 4.07. The number of rotatable bonds is 3. The number of nitrogens with one attached hydrogen (secondary N) is 1. The third-order valence-corrected chi connectivity index (χ3v) is 3.29. The topological polar surface area (TPSA) is 60.2 Å². The Morgan fingerprint density at radius 2 is 2.05 bits per heavy atom. The fourth-order valence-electron chi connectivity index (χ4n) is 2.19. The molecule has 21 heavy (non-hydrogen) atoms. The molecule has 0 unspecified atom stereocenters. The highest BCUT2D eigenvalue weighted by atomic mass is 19.1. The van der Waals surface area contributed by atoms with E-state index in [-0.39, 0.29) is 5.75 Å². The van der Waals surface area contributed by atoms with Crippen molar-refractivity contribution in [2.45, 2.75) is 0 Å². The van der Waals surface area contributed by atoms with Gasteiger partial charge in [0.2, 0.25) is 0 Å². The molecule has 4 nitrogen and oxygen atoms in total. The minimum Gasteiger partial charge on any atom is -0.494 e. The number of nitrogen functional groups attached to an aromatic ring is 1. The lowest BCUT2D eigenvalue weighted by Gasteiger charge is -2.12. The van der Waals surface area contributed by atoms with E-state index in [0.29, 0.717) is 11.4 Å². The number of methoxy groups -OCH3 is 1. The Labute approximate surface area is 121 Å². The molecule has 5 heteroatoms. The average Bonchev–Trinajstić information content (AvgIpc) is 2.52. The van der Waals surface area contributed by atoms with Crippen LogP contribution in [0.1, 0.15) is 0 Å². The number of fused-ring (bicyclic) bond motifs is 1. The second-order valence-corrected chi connectivity index (χ2v) is 4.60. The molecule has 0 atom stereocenters. The number of halogens is 1. The van der Waals surface area contributed by atoms with Gasteiger partial charge < -0.3 is 15.8 Å². The maximum Gasteiger partial charge on any atom is 0.165 e. The second kappa shape index (κ2) is 5.28. The van der Waals surface area contributed by atoms with Gasteiger partial charge in [-0.1, -0.05) is 6.07 Å². The maximum absolute atomic E-state index is 13.4. The van der Waals surface area contributed by atoms with Crippen LogP contribution in [0.5, 0.6) is 5.75 Å². The normalized spacial score (nSPS) is 10.6. The van der Waals surface area contributed by atoms with Crippen LogP contribution in [-0.2, 0) is 0 Å².